The summed E-state index contributed by atoms with van der Waals surface area (Å²) in [6.07, 6.45) is 0. The minimum atomic E-state index is 0.873. The van der Waals surface area contributed by atoms with Gasteiger partial charge in [-0.15, -0.1) is 0 Å². The molecule has 10 rings (SSSR count). The molecular formula is C50H33NO. The first-order chi connectivity index (χ1) is 25.8. The van der Waals surface area contributed by atoms with Crippen molar-refractivity contribution in [3.05, 3.63) is 200 Å². The van der Waals surface area contributed by atoms with E-state index in [1.165, 1.54) is 54.9 Å². The van der Waals surface area contributed by atoms with Crippen LogP contribution in [0.5, 0.6) is 0 Å². The normalized spacial score (nSPS) is 11.5. The van der Waals surface area contributed by atoms with Gasteiger partial charge in [-0.2, -0.15) is 0 Å². The van der Waals surface area contributed by atoms with Crippen LogP contribution in [0.1, 0.15) is 0 Å². The lowest BCUT2D eigenvalue weighted by atomic mass is 9.89. The molecule has 0 radical (unpaired) electrons. The second-order valence-electron chi connectivity index (χ2n) is 13.3. The lowest BCUT2D eigenvalue weighted by Gasteiger charge is -2.26. The second-order valence-corrected chi connectivity index (χ2v) is 13.3. The van der Waals surface area contributed by atoms with Crippen LogP contribution in [-0.4, -0.2) is 0 Å². The highest BCUT2D eigenvalue weighted by Gasteiger charge is 2.18. The fourth-order valence-electron chi connectivity index (χ4n) is 7.69. The predicted octanol–water partition coefficient (Wildman–Crippen LogP) is 14.4. The summed E-state index contributed by atoms with van der Waals surface area (Å²) >= 11 is 0. The Morgan fingerprint density at radius 3 is 1.65 bits per heavy atom. The Labute approximate surface area is 302 Å². The molecule has 0 saturated carbocycles. The van der Waals surface area contributed by atoms with E-state index >= 15 is 0 Å². The molecule has 0 N–H and O–H groups in total. The summed E-state index contributed by atoms with van der Waals surface area (Å²) in [5.41, 5.74) is 12.2. The molecule has 0 aliphatic heterocycles. The zero-order valence-corrected chi connectivity index (χ0v) is 28.4. The molecule has 0 fully saturated rings. The van der Waals surface area contributed by atoms with Gasteiger partial charge in [-0.05, 0) is 103 Å². The van der Waals surface area contributed by atoms with Crippen LogP contribution in [-0.2, 0) is 0 Å². The molecule has 1 heterocycles. The quantitative estimate of drug-likeness (QED) is 0.176. The van der Waals surface area contributed by atoms with Crippen LogP contribution in [0.4, 0.5) is 17.1 Å². The van der Waals surface area contributed by atoms with Crippen molar-refractivity contribution in [1.29, 1.82) is 0 Å². The van der Waals surface area contributed by atoms with Crippen molar-refractivity contribution in [2.45, 2.75) is 0 Å². The second kappa shape index (κ2) is 12.5. The van der Waals surface area contributed by atoms with Crippen molar-refractivity contribution in [2.75, 3.05) is 4.90 Å². The van der Waals surface area contributed by atoms with Gasteiger partial charge >= 0.3 is 0 Å². The van der Waals surface area contributed by atoms with E-state index in [9.17, 15) is 0 Å². The van der Waals surface area contributed by atoms with Crippen molar-refractivity contribution in [3.63, 3.8) is 0 Å². The third-order valence-electron chi connectivity index (χ3n) is 10.3. The highest BCUT2D eigenvalue weighted by molar-refractivity contribution is 6.07. The Kier molecular flexibility index (Phi) is 7.18. The van der Waals surface area contributed by atoms with Gasteiger partial charge in [0, 0.05) is 33.9 Å². The van der Waals surface area contributed by atoms with Crippen molar-refractivity contribution in [1.82, 2.24) is 0 Å². The molecule has 52 heavy (non-hydrogen) atoms. The third-order valence-corrected chi connectivity index (χ3v) is 10.3. The molecule has 0 spiro atoms. The maximum Gasteiger partial charge on any atom is 0.137 e. The van der Waals surface area contributed by atoms with Crippen molar-refractivity contribution >= 4 is 60.5 Å². The zero-order valence-electron chi connectivity index (χ0n) is 28.4. The Bertz CT molecular complexity index is 2890. The van der Waals surface area contributed by atoms with Crippen LogP contribution in [0, 0.1) is 0 Å². The maximum atomic E-state index is 6.36. The Hall–Kier alpha value is -6.90. The molecule has 9 aromatic carbocycles. The number of nitrogens with zero attached hydrogens (tertiary/aromatic N) is 1. The molecule has 0 bridgehead atoms. The van der Waals surface area contributed by atoms with E-state index in [2.05, 4.69) is 193 Å². The first kappa shape index (κ1) is 30.0. The van der Waals surface area contributed by atoms with Gasteiger partial charge in [0.05, 0.1) is 0 Å². The average Bonchev–Trinajstić information content (AvgIpc) is 3.59. The van der Waals surface area contributed by atoms with Gasteiger partial charge in [-0.25, -0.2) is 0 Å². The summed E-state index contributed by atoms with van der Waals surface area (Å²) < 4.78 is 6.36. The topological polar surface area (TPSA) is 16.4 Å². The molecule has 244 valence electrons. The van der Waals surface area contributed by atoms with E-state index in [0.29, 0.717) is 0 Å². The molecule has 2 nitrogen and oxygen atoms in total. The summed E-state index contributed by atoms with van der Waals surface area (Å²) in [5.74, 6) is 0. The summed E-state index contributed by atoms with van der Waals surface area (Å²) in [6.45, 7) is 0. The number of anilines is 3. The smallest absolute Gasteiger partial charge is 0.137 e. The van der Waals surface area contributed by atoms with E-state index in [0.717, 1.165) is 39.0 Å². The van der Waals surface area contributed by atoms with Gasteiger partial charge in [0.25, 0.3) is 0 Å². The van der Waals surface area contributed by atoms with Crippen molar-refractivity contribution in [2.24, 2.45) is 0 Å². The maximum absolute atomic E-state index is 6.36. The van der Waals surface area contributed by atoms with Gasteiger partial charge in [-0.1, -0.05) is 146 Å². The summed E-state index contributed by atoms with van der Waals surface area (Å²) in [6, 6.07) is 71.8. The summed E-state index contributed by atoms with van der Waals surface area (Å²) in [5, 5.41) is 7.21. The number of benzene rings is 9. The molecule has 0 aliphatic rings. The molecule has 2 heteroatoms. The number of hydrogen-bond donors (Lipinski definition) is 0. The summed E-state index contributed by atoms with van der Waals surface area (Å²) in [4.78, 5) is 2.32. The minimum Gasteiger partial charge on any atom is -0.456 e. The first-order valence-corrected chi connectivity index (χ1v) is 17.8. The molecule has 0 atom stereocenters. The average molecular weight is 664 g/mol. The Balaban J connectivity index is 1.10. The SMILES string of the molecule is c1ccc(-c2ccc(N(c3ccc(-c4ccc5ccccc5c4-c4ccc5ccccc5c4)cc3)c3ccc4c(c3)oc3ccccc34)cc2)cc1. The standard InChI is InChI=1S/C50H33NO/c1-2-10-34(11-3-1)36-20-25-41(26-21-36)51(43-29-31-47-46-16-8-9-17-48(46)52-49(47)33-43)42-27-22-38(23-28-42)45-30-24-37-13-6-7-15-44(37)50(45)40-19-18-35-12-4-5-14-39(35)32-40/h1-33H. The van der Waals surface area contributed by atoms with Crippen LogP contribution in [0.15, 0.2) is 205 Å². The van der Waals surface area contributed by atoms with Gasteiger partial charge in [-0.3, -0.25) is 0 Å². The number of hydrogen-bond acceptors (Lipinski definition) is 2. The monoisotopic (exact) mass is 663 g/mol. The number of furan rings is 1. The lowest BCUT2D eigenvalue weighted by Crippen LogP contribution is -2.09. The molecule has 0 amide bonds. The Morgan fingerprint density at radius 1 is 0.308 bits per heavy atom. The fraction of sp³-hybridized carbons (Fsp3) is 0. The molecule has 0 saturated heterocycles. The van der Waals surface area contributed by atoms with Gasteiger partial charge in [0.15, 0.2) is 0 Å². The highest BCUT2D eigenvalue weighted by Crippen LogP contribution is 2.42. The Morgan fingerprint density at radius 2 is 0.865 bits per heavy atom. The molecule has 0 aliphatic carbocycles. The van der Waals surface area contributed by atoms with Crippen LogP contribution >= 0.6 is 0 Å². The third kappa shape index (κ3) is 5.21. The molecular weight excluding hydrogens is 631 g/mol. The fourth-order valence-corrected chi connectivity index (χ4v) is 7.69. The zero-order chi connectivity index (χ0) is 34.4. The first-order valence-electron chi connectivity index (χ1n) is 17.8. The van der Waals surface area contributed by atoms with Gasteiger partial charge in [0.1, 0.15) is 11.2 Å². The van der Waals surface area contributed by atoms with Crippen LogP contribution in [0.25, 0.3) is 76.9 Å². The predicted molar refractivity (Wildman–Crippen MR) is 220 cm³/mol. The molecule has 0 unspecified atom stereocenters. The van der Waals surface area contributed by atoms with E-state index in [1.807, 2.05) is 12.1 Å². The lowest BCUT2D eigenvalue weighted by molar-refractivity contribution is 0.669. The molecule has 10 aromatic rings. The van der Waals surface area contributed by atoms with Crippen LogP contribution in [0.2, 0.25) is 0 Å². The van der Waals surface area contributed by atoms with Gasteiger partial charge in [0.2, 0.25) is 0 Å². The van der Waals surface area contributed by atoms with E-state index in [4.69, 9.17) is 4.42 Å². The van der Waals surface area contributed by atoms with Crippen LogP contribution < -0.4 is 4.90 Å². The number of rotatable bonds is 6. The van der Waals surface area contributed by atoms with Crippen LogP contribution in [0.3, 0.4) is 0 Å². The largest absolute Gasteiger partial charge is 0.456 e. The highest BCUT2D eigenvalue weighted by atomic mass is 16.3. The van der Waals surface area contributed by atoms with Crippen molar-refractivity contribution in [3.8, 4) is 33.4 Å². The minimum absolute atomic E-state index is 0.873. The summed E-state index contributed by atoms with van der Waals surface area (Å²) in [7, 11) is 0. The molecule has 1 aromatic heterocycles. The number of para-hydroxylation sites is 1. The van der Waals surface area contributed by atoms with E-state index in [1.54, 1.807) is 0 Å². The van der Waals surface area contributed by atoms with E-state index < -0.39 is 0 Å². The van der Waals surface area contributed by atoms with Gasteiger partial charge < -0.3 is 9.32 Å². The number of fused-ring (bicyclic) bond motifs is 5. The van der Waals surface area contributed by atoms with Crippen molar-refractivity contribution < 1.29 is 4.42 Å². The van der Waals surface area contributed by atoms with E-state index in [-0.39, 0.29) is 0 Å².